The van der Waals surface area contributed by atoms with E-state index in [2.05, 4.69) is 4.98 Å². The first-order valence-electron chi connectivity index (χ1n) is 7.75. The van der Waals surface area contributed by atoms with Crippen LogP contribution in [0.4, 0.5) is 0 Å². The van der Waals surface area contributed by atoms with E-state index >= 15 is 0 Å². The van der Waals surface area contributed by atoms with Crippen molar-refractivity contribution in [2.45, 2.75) is 18.9 Å². The highest BCUT2D eigenvalue weighted by atomic mass is 16.5. The van der Waals surface area contributed by atoms with Crippen molar-refractivity contribution in [2.24, 2.45) is 5.92 Å². The van der Waals surface area contributed by atoms with Crippen molar-refractivity contribution in [1.29, 1.82) is 0 Å². The first-order chi connectivity index (χ1) is 10.7. The third-order valence-electron chi connectivity index (χ3n) is 4.50. The lowest BCUT2D eigenvalue weighted by Crippen LogP contribution is -2.46. The molecule has 114 valence electrons. The molecule has 1 aromatic heterocycles. The summed E-state index contributed by atoms with van der Waals surface area (Å²) in [6.07, 6.45) is 2.55. The lowest BCUT2D eigenvalue weighted by atomic mass is 10.1. The van der Waals surface area contributed by atoms with Gasteiger partial charge >= 0.3 is 0 Å². The van der Waals surface area contributed by atoms with Gasteiger partial charge < -0.3 is 14.6 Å². The van der Waals surface area contributed by atoms with E-state index in [0.717, 1.165) is 0 Å². The summed E-state index contributed by atoms with van der Waals surface area (Å²) < 4.78 is 5.75. The molecule has 5 nitrogen and oxygen atoms in total. The fourth-order valence-corrected chi connectivity index (χ4v) is 3.10. The van der Waals surface area contributed by atoms with E-state index in [1.54, 1.807) is 11.0 Å². The van der Waals surface area contributed by atoms with E-state index in [4.69, 9.17) is 4.74 Å². The summed E-state index contributed by atoms with van der Waals surface area (Å²) in [5, 5.41) is 0.608. The summed E-state index contributed by atoms with van der Waals surface area (Å²) in [6.45, 7) is 1.78. The molecule has 1 aromatic carbocycles. The third kappa shape index (κ3) is 2.41. The highest BCUT2D eigenvalue weighted by Crippen LogP contribution is 2.35. The number of aromatic amines is 1. The molecule has 2 fully saturated rings. The van der Waals surface area contributed by atoms with Gasteiger partial charge in [0.2, 0.25) is 0 Å². The summed E-state index contributed by atoms with van der Waals surface area (Å²) >= 11 is 0. The van der Waals surface area contributed by atoms with E-state index in [-0.39, 0.29) is 17.4 Å². The maximum atomic E-state index is 12.7. The number of hydrogen-bond acceptors (Lipinski definition) is 3. The van der Waals surface area contributed by atoms with Crippen LogP contribution in [0.15, 0.2) is 35.1 Å². The maximum Gasteiger partial charge on any atom is 0.270 e. The number of carbonyl (C=O) groups excluding carboxylic acids is 1. The zero-order valence-electron chi connectivity index (χ0n) is 12.2. The van der Waals surface area contributed by atoms with Gasteiger partial charge in [-0.15, -0.1) is 0 Å². The molecule has 0 bridgehead atoms. The summed E-state index contributed by atoms with van der Waals surface area (Å²) in [6, 6.07) is 8.66. The van der Waals surface area contributed by atoms with Crippen LogP contribution in [0.3, 0.4) is 0 Å². The predicted octanol–water partition coefficient (Wildman–Crippen LogP) is 1.78. The molecule has 1 aliphatic carbocycles. The van der Waals surface area contributed by atoms with Crippen molar-refractivity contribution in [1.82, 2.24) is 9.88 Å². The zero-order chi connectivity index (χ0) is 15.1. The van der Waals surface area contributed by atoms with Crippen LogP contribution >= 0.6 is 0 Å². The quantitative estimate of drug-likeness (QED) is 0.919. The van der Waals surface area contributed by atoms with E-state index in [9.17, 15) is 9.59 Å². The number of pyridine rings is 1. The number of amides is 1. The molecule has 0 radical (unpaired) electrons. The molecular formula is C17H18N2O3. The Balaban J connectivity index is 1.63. The molecule has 1 saturated heterocycles. The Kier molecular flexibility index (Phi) is 3.22. The Hall–Kier alpha value is -2.14. The van der Waals surface area contributed by atoms with Crippen LogP contribution < -0.4 is 5.43 Å². The molecule has 2 heterocycles. The van der Waals surface area contributed by atoms with Gasteiger partial charge in [0.15, 0.2) is 5.43 Å². The second-order valence-electron chi connectivity index (χ2n) is 6.09. The molecule has 1 N–H and O–H groups in total. The minimum atomic E-state index is -0.121. The number of aromatic nitrogens is 1. The van der Waals surface area contributed by atoms with E-state index < -0.39 is 0 Å². The lowest BCUT2D eigenvalue weighted by molar-refractivity contribution is -0.0315. The molecule has 22 heavy (non-hydrogen) atoms. The number of fused-ring (bicyclic) bond motifs is 1. The van der Waals surface area contributed by atoms with E-state index in [1.807, 2.05) is 18.2 Å². The highest BCUT2D eigenvalue weighted by molar-refractivity contribution is 5.94. The second-order valence-corrected chi connectivity index (χ2v) is 6.09. The predicted molar refractivity (Wildman–Crippen MR) is 82.9 cm³/mol. The number of nitrogens with one attached hydrogen (secondary N) is 1. The molecule has 1 atom stereocenters. The van der Waals surface area contributed by atoms with E-state index in [1.165, 1.54) is 18.9 Å². The number of carbonyl (C=O) groups is 1. The maximum absolute atomic E-state index is 12.7. The van der Waals surface area contributed by atoms with Crippen LogP contribution in [-0.4, -0.2) is 41.6 Å². The van der Waals surface area contributed by atoms with Gasteiger partial charge in [-0.2, -0.15) is 0 Å². The molecule has 5 heteroatoms. The zero-order valence-corrected chi connectivity index (χ0v) is 12.2. The number of H-pyrrole nitrogens is 1. The number of nitrogens with zero attached hydrogens (tertiary/aromatic N) is 1. The van der Waals surface area contributed by atoms with Crippen LogP contribution in [0, 0.1) is 5.92 Å². The Bertz CT molecular complexity index is 779. The molecule has 2 aliphatic rings. The van der Waals surface area contributed by atoms with Gasteiger partial charge in [-0.3, -0.25) is 9.59 Å². The van der Waals surface area contributed by atoms with Crippen molar-refractivity contribution >= 4 is 16.8 Å². The average Bonchev–Trinajstić information content (AvgIpc) is 3.39. The first-order valence-corrected chi connectivity index (χ1v) is 7.75. The van der Waals surface area contributed by atoms with Gasteiger partial charge in [-0.25, -0.2) is 0 Å². The lowest BCUT2D eigenvalue weighted by Gasteiger charge is -2.33. The van der Waals surface area contributed by atoms with Crippen molar-refractivity contribution in [3.8, 4) is 0 Å². The Morgan fingerprint density at radius 3 is 2.91 bits per heavy atom. The number of benzene rings is 1. The molecule has 1 saturated carbocycles. The van der Waals surface area contributed by atoms with Crippen LogP contribution in [0.2, 0.25) is 0 Å². The summed E-state index contributed by atoms with van der Waals surface area (Å²) in [7, 11) is 0. The molecule has 4 rings (SSSR count). The number of morpholine rings is 1. The Labute approximate surface area is 127 Å². The fraction of sp³-hybridized carbons (Fsp3) is 0.412. The van der Waals surface area contributed by atoms with Gasteiger partial charge in [0.05, 0.1) is 12.7 Å². The SMILES string of the molecule is O=C(c1cc(=O)c2ccccc2[nH]1)N1CCOC(C2CC2)C1. The van der Waals surface area contributed by atoms with Gasteiger partial charge in [-0.05, 0) is 30.9 Å². The minimum absolute atomic E-state index is 0.114. The molecule has 1 amide bonds. The van der Waals surface area contributed by atoms with Crippen LogP contribution in [-0.2, 0) is 4.74 Å². The number of hydrogen-bond donors (Lipinski definition) is 1. The van der Waals surface area contributed by atoms with Crippen molar-refractivity contribution in [2.75, 3.05) is 19.7 Å². The molecular weight excluding hydrogens is 280 g/mol. The summed E-state index contributed by atoms with van der Waals surface area (Å²) in [5.41, 5.74) is 0.940. The Morgan fingerprint density at radius 1 is 1.27 bits per heavy atom. The van der Waals surface area contributed by atoms with Crippen LogP contribution in [0.5, 0.6) is 0 Å². The molecule has 2 aromatic rings. The largest absolute Gasteiger partial charge is 0.374 e. The smallest absolute Gasteiger partial charge is 0.270 e. The average molecular weight is 298 g/mol. The van der Waals surface area contributed by atoms with Gasteiger partial charge in [0, 0.05) is 30.1 Å². The van der Waals surface area contributed by atoms with Gasteiger partial charge in [0.25, 0.3) is 5.91 Å². The first kappa shape index (κ1) is 13.5. The molecule has 1 unspecified atom stereocenters. The van der Waals surface area contributed by atoms with Crippen molar-refractivity contribution < 1.29 is 9.53 Å². The topological polar surface area (TPSA) is 62.4 Å². The molecule has 0 spiro atoms. The van der Waals surface area contributed by atoms with Crippen LogP contribution in [0.25, 0.3) is 10.9 Å². The normalized spacial score (nSPS) is 22.0. The van der Waals surface area contributed by atoms with Gasteiger partial charge in [0.1, 0.15) is 5.69 Å². The van der Waals surface area contributed by atoms with Crippen molar-refractivity contribution in [3.05, 3.63) is 46.2 Å². The molecule has 1 aliphatic heterocycles. The Morgan fingerprint density at radius 2 is 2.09 bits per heavy atom. The summed E-state index contributed by atoms with van der Waals surface area (Å²) in [4.78, 5) is 29.7. The number of ether oxygens (including phenoxy) is 1. The fourth-order valence-electron chi connectivity index (χ4n) is 3.10. The standard InChI is InChI=1S/C17H18N2O3/c20-15-9-14(18-13-4-2-1-3-12(13)15)17(21)19-7-8-22-16(10-19)11-5-6-11/h1-4,9,11,16H,5-8,10H2,(H,18,20). The highest BCUT2D eigenvalue weighted by Gasteiger charge is 2.36. The summed E-state index contributed by atoms with van der Waals surface area (Å²) in [5.74, 6) is 0.489. The number of para-hydroxylation sites is 1. The van der Waals surface area contributed by atoms with E-state index in [0.29, 0.717) is 42.2 Å². The monoisotopic (exact) mass is 298 g/mol. The van der Waals surface area contributed by atoms with Crippen molar-refractivity contribution in [3.63, 3.8) is 0 Å². The van der Waals surface area contributed by atoms with Gasteiger partial charge in [-0.1, -0.05) is 12.1 Å². The minimum Gasteiger partial charge on any atom is -0.374 e. The third-order valence-corrected chi connectivity index (χ3v) is 4.50. The second kappa shape index (κ2) is 5.25. The number of rotatable bonds is 2. The van der Waals surface area contributed by atoms with Crippen LogP contribution in [0.1, 0.15) is 23.3 Å².